The topological polar surface area (TPSA) is 68.1 Å². The fourth-order valence-electron chi connectivity index (χ4n) is 2.56. The van der Waals surface area contributed by atoms with E-state index in [4.69, 9.17) is 4.74 Å². The van der Waals surface area contributed by atoms with Crippen molar-refractivity contribution < 1.29 is 27.2 Å². The first-order valence-corrected chi connectivity index (χ1v) is 9.33. The number of quaternary nitrogens is 1. The summed E-state index contributed by atoms with van der Waals surface area (Å²) < 4.78 is 44.6. The van der Waals surface area contributed by atoms with Crippen molar-refractivity contribution in [3.8, 4) is 0 Å². The van der Waals surface area contributed by atoms with Gasteiger partial charge in [-0.25, -0.2) is 17.6 Å². The van der Waals surface area contributed by atoms with Crippen LogP contribution in [-0.4, -0.2) is 57.0 Å². The summed E-state index contributed by atoms with van der Waals surface area (Å²) in [5.41, 5.74) is -0.524. The number of esters is 1. The number of piperazine rings is 1. The van der Waals surface area contributed by atoms with Gasteiger partial charge in [-0.05, 0) is 45.0 Å². The van der Waals surface area contributed by atoms with E-state index in [2.05, 4.69) is 0 Å². The highest BCUT2D eigenvalue weighted by atomic mass is 32.2. The molecule has 0 radical (unpaired) electrons. The molecule has 134 valence electrons. The van der Waals surface area contributed by atoms with Gasteiger partial charge in [-0.2, -0.15) is 4.31 Å². The van der Waals surface area contributed by atoms with E-state index in [1.165, 1.54) is 16.4 Å². The Hall–Kier alpha value is -1.51. The molecule has 0 atom stereocenters. The van der Waals surface area contributed by atoms with Gasteiger partial charge in [0.25, 0.3) is 0 Å². The first-order chi connectivity index (χ1) is 11.1. The molecule has 1 aromatic carbocycles. The average Bonchev–Trinajstić information content (AvgIpc) is 2.46. The zero-order chi connectivity index (χ0) is 18.0. The number of benzene rings is 1. The summed E-state index contributed by atoms with van der Waals surface area (Å²) in [5, 5.41) is 0. The lowest BCUT2D eigenvalue weighted by atomic mass is 10.2. The summed E-state index contributed by atoms with van der Waals surface area (Å²) in [4.78, 5) is 12.9. The lowest BCUT2D eigenvalue weighted by molar-refractivity contribution is -0.896. The van der Waals surface area contributed by atoms with Crippen molar-refractivity contribution in [2.45, 2.75) is 31.3 Å². The van der Waals surface area contributed by atoms with E-state index in [9.17, 15) is 17.6 Å². The fourth-order valence-corrected chi connectivity index (χ4v) is 4.00. The Morgan fingerprint density at radius 3 is 2.25 bits per heavy atom. The number of hydrogen-bond donors (Lipinski definition) is 1. The SMILES string of the molecule is CC(C)(C)OC(=O)C[NH+]1CCN(S(=O)(=O)c2ccc(F)cc2)CC1. The van der Waals surface area contributed by atoms with Crippen LogP contribution in [0.25, 0.3) is 0 Å². The van der Waals surface area contributed by atoms with Crippen LogP contribution in [0.4, 0.5) is 4.39 Å². The Kier molecular flexibility index (Phi) is 5.62. The first-order valence-electron chi connectivity index (χ1n) is 7.89. The molecule has 1 saturated heterocycles. The molecule has 1 aromatic rings. The quantitative estimate of drug-likeness (QED) is 0.772. The van der Waals surface area contributed by atoms with Gasteiger partial charge in [-0.1, -0.05) is 0 Å². The van der Waals surface area contributed by atoms with Crippen LogP contribution in [0.2, 0.25) is 0 Å². The van der Waals surface area contributed by atoms with Gasteiger partial charge in [0, 0.05) is 0 Å². The molecule has 8 heteroatoms. The van der Waals surface area contributed by atoms with E-state index in [-0.39, 0.29) is 17.4 Å². The number of hydrogen-bond acceptors (Lipinski definition) is 4. The lowest BCUT2D eigenvalue weighted by Crippen LogP contribution is -3.15. The van der Waals surface area contributed by atoms with Gasteiger partial charge in [0.05, 0.1) is 31.1 Å². The van der Waals surface area contributed by atoms with Crippen molar-refractivity contribution in [1.29, 1.82) is 0 Å². The van der Waals surface area contributed by atoms with E-state index in [0.29, 0.717) is 26.2 Å². The van der Waals surface area contributed by atoms with Crippen LogP contribution >= 0.6 is 0 Å². The third-order valence-electron chi connectivity index (χ3n) is 3.70. The highest BCUT2D eigenvalue weighted by molar-refractivity contribution is 7.89. The Balaban J connectivity index is 1.92. The molecule has 1 heterocycles. The van der Waals surface area contributed by atoms with Crippen LogP contribution in [0, 0.1) is 5.82 Å². The normalized spacial score (nSPS) is 17.7. The monoisotopic (exact) mass is 359 g/mol. The summed E-state index contributed by atoms with van der Waals surface area (Å²) >= 11 is 0. The Bertz CT molecular complexity index is 675. The van der Waals surface area contributed by atoms with E-state index in [1.54, 1.807) is 0 Å². The van der Waals surface area contributed by atoms with E-state index < -0.39 is 21.4 Å². The number of nitrogens with zero attached hydrogens (tertiary/aromatic N) is 1. The molecule has 2 rings (SSSR count). The highest BCUT2D eigenvalue weighted by Crippen LogP contribution is 2.16. The van der Waals surface area contributed by atoms with Gasteiger partial charge >= 0.3 is 5.97 Å². The third kappa shape index (κ3) is 4.99. The molecule has 1 fully saturated rings. The molecular weight excluding hydrogens is 335 g/mol. The smallest absolute Gasteiger partial charge is 0.362 e. The number of halogens is 1. The average molecular weight is 359 g/mol. The fraction of sp³-hybridized carbons (Fsp3) is 0.562. The summed E-state index contributed by atoms with van der Waals surface area (Å²) in [6, 6.07) is 4.81. The van der Waals surface area contributed by atoms with Crippen LogP contribution in [0.3, 0.4) is 0 Å². The van der Waals surface area contributed by atoms with Gasteiger partial charge in [-0.15, -0.1) is 0 Å². The van der Waals surface area contributed by atoms with Gasteiger partial charge in [-0.3, -0.25) is 0 Å². The van der Waals surface area contributed by atoms with Crippen molar-refractivity contribution in [3.05, 3.63) is 30.1 Å². The van der Waals surface area contributed by atoms with Crippen LogP contribution in [0.5, 0.6) is 0 Å². The minimum Gasteiger partial charge on any atom is -0.456 e. The van der Waals surface area contributed by atoms with Gasteiger partial charge < -0.3 is 9.64 Å². The van der Waals surface area contributed by atoms with Crippen molar-refractivity contribution in [2.24, 2.45) is 0 Å². The minimum atomic E-state index is -3.62. The molecule has 1 aliphatic heterocycles. The molecule has 1 N–H and O–H groups in total. The van der Waals surface area contributed by atoms with Crippen molar-refractivity contribution in [3.63, 3.8) is 0 Å². The molecular formula is C16H24FN2O4S+. The number of ether oxygens (including phenoxy) is 1. The molecule has 0 unspecified atom stereocenters. The van der Waals surface area contributed by atoms with Crippen LogP contribution in [0.1, 0.15) is 20.8 Å². The van der Waals surface area contributed by atoms with E-state index in [1.807, 2.05) is 20.8 Å². The third-order valence-corrected chi connectivity index (χ3v) is 5.61. The summed E-state index contributed by atoms with van der Waals surface area (Å²) in [7, 11) is -3.62. The standard InChI is InChI=1S/C16H23FN2O4S/c1-16(2,3)23-15(20)12-18-8-10-19(11-9-18)24(21,22)14-6-4-13(17)5-7-14/h4-7H,8-12H2,1-3H3/p+1. The molecule has 0 amide bonds. The molecule has 0 bridgehead atoms. The van der Waals surface area contributed by atoms with Crippen LogP contribution < -0.4 is 4.90 Å². The van der Waals surface area contributed by atoms with Crippen LogP contribution in [-0.2, 0) is 19.6 Å². The van der Waals surface area contributed by atoms with Gasteiger partial charge in [0.2, 0.25) is 10.0 Å². The lowest BCUT2D eigenvalue weighted by Gasteiger charge is -2.31. The minimum absolute atomic E-state index is 0.0829. The number of carbonyl (C=O) groups excluding carboxylic acids is 1. The summed E-state index contributed by atoms with van der Waals surface area (Å²) in [5.74, 6) is -0.757. The Morgan fingerprint density at radius 1 is 1.21 bits per heavy atom. The van der Waals surface area contributed by atoms with E-state index >= 15 is 0 Å². The maximum Gasteiger partial charge on any atom is 0.362 e. The number of sulfonamides is 1. The predicted octanol–water partition coefficient (Wildman–Crippen LogP) is 0.0566. The molecule has 6 nitrogen and oxygen atoms in total. The maximum atomic E-state index is 13.0. The highest BCUT2D eigenvalue weighted by Gasteiger charge is 2.32. The van der Waals surface area contributed by atoms with Crippen molar-refractivity contribution in [2.75, 3.05) is 32.7 Å². The van der Waals surface area contributed by atoms with Crippen molar-refractivity contribution in [1.82, 2.24) is 4.31 Å². The van der Waals surface area contributed by atoms with E-state index in [0.717, 1.165) is 17.0 Å². The second-order valence-electron chi connectivity index (χ2n) is 6.87. The molecule has 24 heavy (non-hydrogen) atoms. The number of carbonyl (C=O) groups is 1. The Labute approximate surface area is 142 Å². The Morgan fingerprint density at radius 2 is 1.75 bits per heavy atom. The van der Waals surface area contributed by atoms with Crippen LogP contribution in [0.15, 0.2) is 29.2 Å². The maximum absolute atomic E-state index is 13.0. The second-order valence-corrected chi connectivity index (χ2v) is 8.81. The van der Waals surface area contributed by atoms with Gasteiger partial charge in [0.1, 0.15) is 11.4 Å². The second kappa shape index (κ2) is 7.16. The van der Waals surface area contributed by atoms with Crippen molar-refractivity contribution >= 4 is 16.0 Å². The number of rotatable bonds is 4. The van der Waals surface area contributed by atoms with Gasteiger partial charge in [0.15, 0.2) is 6.54 Å². The summed E-state index contributed by atoms with van der Waals surface area (Å²) in [6.07, 6.45) is 0. The summed E-state index contributed by atoms with van der Waals surface area (Å²) in [6.45, 7) is 7.35. The first kappa shape index (κ1) is 18.8. The molecule has 0 spiro atoms. The molecule has 0 aliphatic carbocycles. The zero-order valence-electron chi connectivity index (χ0n) is 14.2. The zero-order valence-corrected chi connectivity index (χ0v) is 15.0. The molecule has 0 aromatic heterocycles. The number of nitrogens with one attached hydrogen (secondary N) is 1. The largest absolute Gasteiger partial charge is 0.456 e. The molecule has 0 saturated carbocycles. The molecule has 1 aliphatic rings. The predicted molar refractivity (Wildman–Crippen MR) is 86.6 cm³/mol.